The molecule has 0 aromatic rings. The first-order chi connectivity index (χ1) is 7.14. The Labute approximate surface area is 91.2 Å². The van der Waals surface area contributed by atoms with Crippen LogP contribution in [0.3, 0.4) is 0 Å². The van der Waals surface area contributed by atoms with Crippen LogP contribution in [0.15, 0.2) is 0 Å². The van der Waals surface area contributed by atoms with Crippen LogP contribution in [0, 0.1) is 10.8 Å². The van der Waals surface area contributed by atoms with Gasteiger partial charge in [0.05, 0.1) is 0 Å². The molecule has 1 saturated carbocycles. The highest BCUT2D eigenvalue weighted by Gasteiger charge is 2.50. The van der Waals surface area contributed by atoms with Crippen molar-refractivity contribution in [2.24, 2.45) is 10.8 Å². The van der Waals surface area contributed by atoms with Crippen molar-refractivity contribution in [2.75, 3.05) is 26.2 Å². The molecule has 2 heterocycles. The van der Waals surface area contributed by atoms with Gasteiger partial charge in [0.2, 0.25) is 5.91 Å². The molecule has 0 atom stereocenters. The molecule has 84 valence electrons. The molecule has 3 aliphatic rings. The number of hydrogen-bond donors (Lipinski definition) is 1. The molecule has 3 nitrogen and oxygen atoms in total. The van der Waals surface area contributed by atoms with Gasteiger partial charge in [-0.2, -0.15) is 0 Å². The normalized spacial score (nSPS) is 31.1. The van der Waals surface area contributed by atoms with Gasteiger partial charge < -0.3 is 10.2 Å². The minimum absolute atomic E-state index is 0.0235. The van der Waals surface area contributed by atoms with E-state index in [2.05, 4.69) is 17.1 Å². The van der Waals surface area contributed by atoms with Crippen LogP contribution in [-0.4, -0.2) is 37.0 Å². The van der Waals surface area contributed by atoms with Crippen LogP contribution in [0.1, 0.15) is 32.6 Å². The molecule has 0 aromatic heterocycles. The minimum atomic E-state index is 0.0235. The van der Waals surface area contributed by atoms with Crippen LogP contribution < -0.4 is 5.32 Å². The average Bonchev–Trinajstić information content (AvgIpc) is 2.95. The zero-order valence-corrected chi connectivity index (χ0v) is 9.51. The second-order valence-electron chi connectivity index (χ2n) is 5.99. The van der Waals surface area contributed by atoms with E-state index in [1.807, 2.05) is 0 Å². The van der Waals surface area contributed by atoms with Gasteiger partial charge in [-0.05, 0) is 25.7 Å². The lowest BCUT2D eigenvalue weighted by Crippen LogP contribution is -2.62. The Bertz CT molecular complexity index is 292. The maximum absolute atomic E-state index is 12.2. The molecular weight excluding hydrogens is 188 g/mol. The van der Waals surface area contributed by atoms with E-state index < -0.39 is 0 Å². The smallest absolute Gasteiger partial charge is 0.228 e. The second-order valence-corrected chi connectivity index (χ2v) is 5.99. The summed E-state index contributed by atoms with van der Waals surface area (Å²) in [5, 5.41) is 3.35. The molecule has 0 radical (unpaired) electrons. The summed E-state index contributed by atoms with van der Waals surface area (Å²) in [5.41, 5.74) is 0.467. The summed E-state index contributed by atoms with van der Waals surface area (Å²) in [7, 11) is 0. The summed E-state index contributed by atoms with van der Waals surface area (Å²) in [6, 6.07) is 0. The average molecular weight is 208 g/mol. The molecule has 1 N–H and O–H groups in total. The number of hydrogen-bond acceptors (Lipinski definition) is 2. The second kappa shape index (κ2) is 2.97. The summed E-state index contributed by atoms with van der Waals surface area (Å²) in [4.78, 5) is 14.4. The highest BCUT2D eigenvalue weighted by molar-refractivity contribution is 5.85. The zero-order chi connectivity index (χ0) is 10.5. The molecule has 0 aromatic carbocycles. The van der Waals surface area contributed by atoms with E-state index in [0.717, 1.165) is 39.0 Å². The molecule has 0 unspecified atom stereocenters. The van der Waals surface area contributed by atoms with Crippen LogP contribution in [0.25, 0.3) is 0 Å². The predicted molar refractivity (Wildman–Crippen MR) is 58.5 cm³/mol. The fraction of sp³-hybridized carbons (Fsp3) is 0.917. The number of nitrogens with one attached hydrogen (secondary N) is 1. The number of carbonyl (C=O) groups is 1. The van der Waals surface area contributed by atoms with Crippen LogP contribution in [0.5, 0.6) is 0 Å². The number of piperidine rings is 1. The molecule has 2 saturated heterocycles. The largest absolute Gasteiger partial charge is 0.342 e. The topological polar surface area (TPSA) is 32.3 Å². The maximum atomic E-state index is 12.2. The van der Waals surface area contributed by atoms with Crippen molar-refractivity contribution < 1.29 is 4.79 Å². The minimum Gasteiger partial charge on any atom is -0.342 e. The van der Waals surface area contributed by atoms with Crippen molar-refractivity contribution in [3.05, 3.63) is 0 Å². The van der Waals surface area contributed by atoms with Gasteiger partial charge in [-0.25, -0.2) is 0 Å². The van der Waals surface area contributed by atoms with E-state index in [4.69, 9.17) is 0 Å². The van der Waals surface area contributed by atoms with E-state index in [0.29, 0.717) is 11.3 Å². The van der Waals surface area contributed by atoms with Crippen molar-refractivity contribution in [1.82, 2.24) is 10.2 Å². The first kappa shape index (κ1) is 9.64. The van der Waals surface area contributed by atoms with E-state index in [1.165, 1.54) is 12.8 Å². The van der Waals surface area contributed by atoms with Crippen molar-refractivity contribution in [3.63, 3.8) is 0 Å². The monoisotopic (exact) mass is 208 g/mol. The molecule has 1 amide bonds. The Morgan fingerprint density at radius 2 is 2.00 bits per heavy atom. The molecule has 2 aliphatic heterocycles. The molecule has 15 heavy (non-hydrogen) atoms. The lowest BCUT2D eigenvalue weighted by atomic mass is 9.74. The fourth-order valence-electron chi connectivity index (χ4n) is 2.93. The molecule has 1 spiro atoms. The van der Waals surface area contributed by atoms with Crippen LogP contribution in [0.4, 0.5) is 0 Å². The number of carbonyl (C=O) groups excluding carboxylic acids is 1. The Balaban J connectivity index is 1.68. The number of rotatable bonds is 1. The van der Waals surface area contributed by atoms with E-state index in [-0.39, 0.29) is 5.41 Å². The molecule has 0 bridgehead atoms. The summed E-state index contributed by atoms with van der Waals surface area (Å²) >= 11 is 0. The Morgan fingerprint density at radius 1 is 1.27 bits per heavy atom. The number of nitrogens with zero attached hydrogens (tertiary/aromatic N) is 1. The summed E-state index contributed by atoms with van der Waals surface area (Å²) in [5.74, 6) is 0.425. The van der Waals surface area contributed by atoms with E-state index >= 15 is 0 Å². The first-order valence-electron chi connectivity index (χ1n) is 6.14. The lowest BCUT2D eigenvalue weighted by molar-refractivity contribution is -0.141. The quantitative estimate of drug-likeness (QED) is 0.697. The standard InChI is InChI=1S/C12H20N2O/c1-11(4-5-11)10(15)14-6-2-3-12(9-14)7-13-8-12/h13H,2-9H2,1H3. The highest BCUT2D eigenvalue weighted by atomic mass is 16.2. The van der Waals surface area contributed by atoms with Gasteiger partial charge in [0.1, 0.15) is 0 Å². The highest BCUT2D eigenvalue weighted by Crippen LogP contribution is 2.47. The number of amides is 1. The zero-order valence-electron chi connectivity index (χ0n) is 9.51. The Morgan fingerprint density at radius 3 is 2.53 bits per heavy atom. The van der Waals surface area contributed by atoms with Gasteiger partial charge in [-0.3, -0.25) is 4.79 Å². The van der Waals surface area contributed by atoms with Gasteiger partial charge in [-0.1, -0.05) is 6.92 Å². The summed E-state index contributed by atoms with van der Waals surface area (Å²) < 4.78 is 0. The van der Waals surface area contributed by atoms with Gasteiger partial charge in [-0.15, -0.1) is 0 Å². The molecule has 3 fully saturated rings. The Kier molecular flexibility index (Phi) is 1.91. The Hall–Kier alpha value is -0.570. The summed E-state index contributed by atoms with van der Waals surface area (Å²) in [6.45, 7) is 6.36. The fourth-order valence-corrected chi connectivity index (χ4v) is 2.93. The first-order valence-corrected chi connectivity index (χ1v) is 6.14. The molecule has 3 rings (SSSR count). The van der Waals surface area contributed by atoms with Crippen LogP contribution in [-0.2, 0) is 4.79 Å². The van der Waals surface area contributed by atoms with Crippen molar-refractivity contribution in [2.45, 2.75) is 32.6 Å². The molecular formula is C12H20N2O. The van der Waals surface area contributed by atoms with Crippen LogP contribution in [0.2, 0.25) is 0 Å². The third-order valence-electron chi connectivity index (χ3n) is 4.46. The molecule has 1 aliphatic carbocycles. The SMILES string of the molecule is CC1(C(=O)N2CCCC3(CNC3)C2)CC1. The van der Waals surface area contributed by atoms with E-state index in [9.17, 15) is 4.79 Å². The third kappa shape index (κ3) is 1.48. The molecule has 3 heteroatoms. The third-order valence-corrected chi connectivity index (χ3v) is 4.46. The van der Waals surface area contributed by atoms with Crippen molar-refractivity contribution in [1.29, 1.82) is 0 Å². The van der Waals surface area contributed by atoms with Gasteiger partial charge in [0, 0.05) is 37.0 Å². The number of likely N-dealkylation sites (tertiary alicyclic amines) is 1. The predicted octanol–water partition coefficient (Wildman–Crippen LogP) is 0.998. The van der Waals surface area contributed by atoms with Gasteiger partial charge in [0.25, 0.3) is 0 Å². The lowest BCUT2D eigenvalue weighted by Gasteiger charge is -2.49. The van der Waals surface area contributed by atoms with Crippen molar-refractivity contribution >= 4 is 5.91 Å². The van der Waals surface area contributed by atoms with E-state index in [1.54, 1.807) is 0 Å². The van der Waals surface area contributed by atoms with Crippen molar-refractivity contribution in [3.8, 4) is 0 Å². The van der Waals surface area contributed by atoms with Gasteiger partial charge in [0.15, 0.2) is 0 Å². The van der Waals surface area contributed by atoms with Gasteiger partial charge >= 0.3 is 0 Å². The summed E-state index contributed by atoms with van der Waals surface area (Å²) in [6.07, 6.45) is 4.71. The van der Waals surface area contributed by atoms with Crippen LogP contribution >= 0.6 is 0 Å². The maximum Gasteiger partial charge on any atom is 0.228 e.